The van der Waals surface area contributed by atoms with Crippen LogP contribution in [-0.4, -0.2) is 28.6 Å². The van der Waals surface area contributed by atoms with Crippen molar-refractivity contribution < 1.29 is 23.3 Å². The van der Waals surface area contributed by atoms with Crippen LogP contribution in [0, 0.1) is 5.92 Å². The van der Waals surface area contributed by atoms with Gasteiger partial charge in [-0.05, 0) is 30.9 Å². The number of hydrogen-bond acceptors (Lipinski definition) is 3. The Morgan fingerprint density at radius 1 is 1.12 bits per heavy atom. The van der Waals surface area contributed by atoms with Gasteiger partial charge in [-0.2, -0.15) is 0 Å². The fourth-order valence-corrected chi connectivity index (χ4v) is 2.53. The van der Waals surface area contributed by atoms with E-state index in [1.807, 2.05) is 28.9 Å². The van der Waals surface area contributed by atoms with Gasteiger partial charge in [-0.15, -0.1) is 17.8 Å². The minimum Gasteiger partial charge on any atom is -0.687 e. The average Bonchev–Trinajstić information content (AvgIpc) is 3.04. The van der Waals surface area contributed by atoms with Crippen molar-refractivity contribution in [3.8, 4) is 5.75 Å². The fraction of sp³-hybridized carbons (Fsp3) is 0.579. The van der Waals surface area contributed by atoms with Crippen molar-refractivity contribution in [2.75, 3.05) is 13.7 Å². The summed E-state index contributed by atoms with van der Waals surface area (Å²) in [4.78, 5) is 0. The molecular weight excluding hydrogens is 351 g/mol. The van der Waals surface area contributed by atoms with E-state index in [0.29, 0.717) is 6.61 Å². The van der Waals surface area contributed by atoms with Crippen LogP contribution >= 0.6 is 0 Å². The number of ether oxygens (including phenoxy) is 1. The molecule has 6 heteroatoms. The summed E-state index contributed by atoms with van der Waals surface area (Å²) in [5.74, 6) is 1.67. The van der Waals surface area contributed by atoms with Gasteiger partial charge in [0, 0.05) is 37.7 Å². The molecule has 1 radical (unpaired) electrons. The molecule has 0 atom stereocenters. The zero-order chi connectivity index (χ0) is 17.2. The summed E-state index contributed by atoms with van der Waals surface area (Å²) in [5, 5.41) is 12.6. The van der Waals surface area contributed by atoms with E-state index < -0.39 is 0 Å². The third kappa shape index (κ3) is 8.46. The van der Waals surface area contributed by atoms with Crippen LogP contribution in [0.4, 0.5) is 5.69 Å². The van der Waals surface area contributed by atoms with E-state index in [4.69, 9.17) is 4.74 Å². The van der Waals surface area contributed by atoms with Crippen molar-refractivity contribution >= 4 is 5.69 Å². The smallest absolute Gasteiger partial charge is 0.119 e. The Morgan fingerprint density at radius 2 is 1.88 bits per heavy atom. The molecule has 25 heavy (non-hydrogen) atoms. The normalized spacial score (nSPS) is 10.6. The standard InChI is InChI=1S/C19H29N4O.V/c1-16(2)7-4-5-8-18-15-23(22-21-18)13-6-14-24-19-11-9-17(20-3)10-12-19;/h9-12,15-16H,4-8,13-14H2,1-3H3;/q-1;. The Balaban J connectivity index is 0.00000312. The van der Waals surface area contributed by atoms with Crippen LogP contribution in [0.25, 0.3) is 5.32 Å². The van der Waals surface area contributed by atoms with Crippen LogP contribution in [0.5, 0.6) is 5.75 Å². The van der Waals surface area contributed by atoms with Crippen molar-refractivity contribution in [1.82, 2.24) is 15.0 Å². The Kier molecular flexibility index (Phi) is 10.4. The molecule has 0 fully saturated rings. The van der Waals surface area contributed by atoms with Gasteiger partial charge in [0.05, 0.1) is 12.3 Å². The summed E-state index contributed by atoms with van der Waals surface area (Å²) < 4.78 is 7.65. The van der Waals surface area contributed by atoms with Gasteiger partial charge in [0.15, 0.2) is 0 Å². The van der Waals surface area contributed by atoms with Crippen LogP contribution < -0.4 is 4.74 Å². The summed E-state index contributed by atoms with van der Waals surface area (Å²) in [6.45, 7) is 6.05. The zero-order valence-corrected chi connectivity index (χ0v) is 17.0. The monoisotopic (exact) mass is 380 g/mol. The molecule has 2 rings (SSSR count). The molecule has 0 spiro atoms. The van der Waals surface area contributed by atoms with E-state index in [0.717, 1.165) is 42.4 Å². The number of rotatable bonds is 11. The molecule has 0 aliphatic carbocycles. The first-order valence-corrected chi connectivity index (χ1v) is 8.89. The topological polar surface area (TPSA) is 54.0 Å². The molecule has 0 bridgehead atoms. The predicted molar refractivity (Wildman–Crippen MR) is 97.9 cm³/mol. The molecule has 0 saturated heterocycles. The van der Waals surface area contributed by atoms with Gasteiger partial charge in [-0.1, -0.05) is 44.0 Å². The molecule has 5 nitrogen and oxygen atoms in total. The third-order valence-electron chi connectivity index (χ3n) is 3.95. The molecule has 0 aliphatic rings. The molecule has 1 aromatic carbocycles. The second-order valence-corrected chi connectivity index (χ2v) is 6.53. The third-order valence-corrected chi connectivity index (χ3v) is 3.95. The summed E-state index contributed by atoms with van der Waals surface area (Å²) in [6, 6.07) is 7.82. The van der Waals surface area contributed by atoms with Gasteiger partial charge >= 0.3 is 0 Å². The Labute approximate surface area is 163 Å². The summed E-state index contributed by atoms with van der Waals surface area (Å²) in [7, 11) is 1.78. The van der Waals surface area contributed by atoms with Crippen molar-refractivity contribution in [3.63, 3.8) is 0 Å². The molecule has 0 saturated carbocycles. The Morgan fingerprint density at radius 3 is 2.56 bits per heavy atom. The van der Waals surface area contributed by atoms with Crippen molar-refractivity contribution in [2.24, 2.45) is 5.92 Å². The van der Waals surface area contributed by atoms with Gasteiger partial charge in [-0.3, -0.25) is 4.68 Å². The van der Waals surface area contributed by atoms with E-state index in [9.17, 15) is 0 Å². The number of aryl methyl sites for hydroxylation is 2. The van der Waals surface area contributed by atoms with Gasteiger partial charge < -0.3 is 10.1 Å². The van der Waals surface area contributed by atoms with Gasteiger partial charge in [0.2, 0.25) is 0 Å². The molecule has 1 heterocycles. The van der Waals surface area contributed by atoms with Crippen LogP contribution in [0.15, 0.2) is 30.5 Å². The largest absolute Gasteiger partial charge is 0.687 e. The van der Waals surface area contributed by atoms with E-state index in [-0.39, 0.29) is 18.6 Å². The summed E-state index contributed by atoms with van der Waals surface area (Å²) >= 11 is 0. The average molecular weight is 380 g/mol. The molecule has 2 aromatic rings. The molecule has 0 aliphatic heterocycles. The Bertz CT molecular complexity index is 583. The number of aromatic nitrogens is 3. The first-order chi connectivity index (χ1) is 11.7. The van der Waals surface area contributed by atoms with E-state index >= 15 is 0 Å². The first kappa shape index (κ1) is 21.6. The second kappa shape index (κ2) is 12.0. The second-order valence-electron chi connectivity index (χ2n) is 6.53. The quantitative estimate of drug-likeness (QED) is 0.529. The summed E-state index contributed by atoms with van der Waals surface area (Å²) in [6.07, 6.45) is 7.75. The van der Waals surface area contributed by atoms with Crippen LogP contribution in [-0.2, 0) is 31.5 Å². The van der Waals surface area contributed by atoms with Crippen LogP contribution in [0.2, 0.25) is 0 Å². The minimum atomic E-state index is 0. The van der Waals surface area contributed by atoms with E-state index in [2.05, 4.69) is 35.7 Å². The SMILES string of the molecule is C[N-]c1ccc(OCCCn2cc(CCCCC(C)C)nn2)cc1.[V]. The van der Waals surface area contributed by atoms with Gasteiger partial charge in [0.25, 0.3) is 0 Å². The summed E-state index contributed by atoms with van der Waals surface area (Å²) in [5.41, 5.74) is 2.06. The van der Waals surface area contributed by atoms with Crippen LogP contribution in [0.1, 0.15) is 45.2 Å². The Hall–Kier alpha value is -1.46. The number of unbranched alkanes of at least 4 members (excludes halogenated alkanes) is 1. The molecule has 0 N–H and O–H groups in total. The maximum atomic E-state index is 5.73. The van der Waals surface area contributed by atoms with Crippen molar-refractivity contribution in [2.45, 2.75) is 52.5 Å². The van der Waals surface area contributed by atoms with Gasteiger partial charge in [0.1, 0.15) is 5.75 Å². The maximum absolute atomic E-state index is 5.73. The molecular formula is C19H29N4OV-. The molecule has 0 amide bonds. The maximum Gasteiger partial charge on any atom is 0.119 e. The number of benzene rings is 1. The predicted octanol–water partition coefficient (Wildman–Crippen LogP) is 4.75. The zero-order valence-electron chi connectivity index (χ0n) is 15.6. The van der Waals surface area contributed by atoms with E-state index in [1.54, 1.807) is 7.05 Å². The minimum absolute atomic E-state index is 0. The molecule has 0 unspecified atom stereocenters. The van der Waals surface area contributed by atoms with Crippen LogP contribution in [0.3, 0.4) is 0 Å². The number of hydrogen-bond donors (Lipinski definition) is 0. The van der Waals surface area contributed by atoms with Crippen molar-refractivity contribution in [1.29, 1.82) is 0 Å². The number of nitrogens with zero attached hydrogens (tertiary/aromatic N) is 4. The van der Waals surface area contributed by atoms with Gasteiger partial charge in [-0.25, -0.2) is 0 Å². The molecule has 1 aromatic heterocycles. The van der Waals surface area contributed by atoms with E-state index in [1.165, 1.54) is 19.3 Å². The first-order valence-electron chi connectivity index (χ1n) is 8.89. The van der Waals surface area contributed by atoms with Crippen molar-refractivity contribution in [3.05, 3.63) is 41.5 Å². The fourth-order valence-electron chi connectivity index (χ4n) is 2.53. The molecule has 137 valence electrons.